The van der Waals surface area contributed by atoms with Crippen molar-refractivity contribution in [1.29, 1.82) is 0 Å². The molecule has 1 amide bonds. The standard InChI is InChI=1S/C19H22FN5O2S/c1-13-12-23(2)22-17(13)18(26)25(6-5-24-7-9-27-10-8-24)19-21-15-4-3-14(20)11-16(15)28-19/h3-4,11-12H,5-10H2,1-2H3. The van der Waals surface area contributed by atoms with Crippen LogP contribution < -0.4 is 4.90 Å². The van der Waals surface area contributed by atoms with Crippen LogP contribution in [0.25, 0.3) is 10.2 Å². The second-order valence-electron chi connectivity index (χ2n) is 6.85. The Labute approximate surface area is 166 Å². The first kappa shape index (κ1) is 19.0. The molecule has 9 heteroatoms. The molecule has 0 spiro atoms. The predicted octanol–water partition coefficient (Wildman–Crippen LogP) is 2.46. The van der Waals surface area contributed by atoms with E-state index in [4.69, 9.17) is 4.74 Å². The minimum atomic E-state index is -0.311. The molecule has 0 bridgehead atoms. The fraction of sp³-hybridized carbons (Fsp3) is 0.421. The van der Waals surface area contributed by atoms with Gasteiger partial charge in [0.2, 0.25) is 0 Å². The van der Waals surface area contributed by atoms with Crippen molar-refractivity contribution in [3.8, 4) is 0 Å². The zero-order valence-electron chi connectivity index (χ0n) is 15.9. The van der Waals surface area contributed by atoms with Gasteiger partial charge in [0.1, 0.15) is 5.82 Å². The molecule has 0 unspecified atom stereocenters. The van der Waals surface area contributed by atoms with Gasteiger partial charge in [-0.1, -0.05) is 11.3 Å². The number of halogens is 1. The Kier molecular flexibility index (Phi) is 5.38. The zero-order valence-corrected chi connectivity index (χ0v) is 16.7. The highest BCUT2D eigenvalue weighted by Crippen LogP contribution is 2.30. The van der Waals surface area contributed by atoms with E-state index in [1.807, 2.05) is 13.1 Å². The molecule has 0 saturated carbocycles. The van der Waals surface area contributed by atoms with Gasteiger partial charge in [-0.25, -0.2) is 9.37 Å². The molecule has 0 aliphatic carbocycles. The van der Waals surface area contributed by atoms with Crippen molar-refractivity contribution >= 4 is 32.6 Å². The van der Waals surface area contributed by atoms with E-state index in [1.54, 1.807) is 22.7 Å². The van der Waals surface area contributed by atoms with Gasteiger partial charge in [-0.2, -0.15) is 5.10 Å². The lowest BCUT2D eigenvalue weighted by Crippen LogP contribution is -2.43. The first-order valence-corrected chi connectivity index (χ1v) is 10.0. The second kappa shape index (κ2) is 7.94. The van der Waals surface area contributed by atoms with E-state index in [0.717, 1.165) is 23.4 Å². The lowest BCUT2D eigenvalue weighted by Gasteiger charge is -2.29. The third-order valence-electron chi connectivity index (χ3n) is 4.77. The number of fused-ring (bicyclic) bond motifs is 1. The Morgan fingerprint density at radius 2 is 2.14 bits per heavy atom. The van der Waals surface area contributed by atoms with Crippen LogP contribution in [-0.2, 0) is 11.8 Å². The highest BCUT2D eigenvalue weighted by atomic mass is 32.1. The number of aromatic nitrogens is 3. The van der Waals surface area contributed by atoms with E-state index in [0.29, 0.717) is 42.6 Å². The number of nitrogens with zero attached hydrogens (tertiary/aromatic N) is 5. The number of hydrogen-bond donors (Lipinski definition) is 0. The maximum Gasteiger partial charge on any atom is 0.280 e. The number of anilines is 1. The molecule has 3 aromatic rings. The quantitative estimate of drug-likeness (QED) is 0.655. The minimum Gasteiger partial charge on any atom is -0.379 e. The normalized spacial score (nSPS) is 15.2. The Morgan fingerprint density at radius 1 is 1.36 bits per heavy atom. The van der Waals surface area contributed by atoms with Crippen LogP contribution in [0.3, 0.4) is 0 Å². The number of ether oxygens (including phenoxy) is 1. The largest absolute Gasteiger partial charge is 0.379 e. The van der Waals surface area contributed by atoms with Crippen LogP contribution >= 0.6 is 11.3 Å². The van der Waals surface area contributed by atoms with Gasteiger partial charge >= 0.3 is 0 Å². The van der Waals surface area contributed by atoms with Gasteiger partial charge < -0.3 is 4.74 Å². The van der Waals surface area contributed by atoms with E-state index in [2.05, 4.69) is 15.0 Å². The maximum absolute atomic E-state index is 13.6. The minimum absolute atomic E-state index is 0.189. The van der Waals surface area contributed by atoms with Crippen LogP contribution in [0.2, 0.25) is 0 Å². The number of morpholine rings is 1. The van der Waals surface area contributed by atoms with Crippen molar-refractivity contribution < 1.29 is 13.9 Å². The Hall–Kier alpha value is -2.36. The van der Waals surface area contributed by atoms with Crippen LogP contribution in [0.4, 0.5) is 9.52 Å². The van der Waals surface area contributed by atoms with Crippen molar-refractivity contribution in [2.75, 3.05) is 44.3 Å². The number of benzene rings is 1. The van der Waals surface area contributed by atoms with Gasteiger partial charge in [0.05, 0.1) is 23.4 Å². The van der Waals surface area contributed by atoms with E-state index < -0.39 is 0 Å². The smallest absolute Gasteiger partial charge is 0.280 e. The van der Waals surface area contributed by atoms with Gasteiger partial charge in [0.25, 0.3) is 5.91 Å². The number of amides is 1. The summed E-state index contributed by atoms with van der Waals surface area (Å²) in [6.45, 7) is 6.16. The van der Waals surface area contributed by atoms with Gasteiger partial charge in [0.15, 0.2) is 10.8 Å². The lowest BCUT2D eigenvalue weighted by molar-refractivity contribution is 0.0391. The first-order valence-electron chi connectivity index (χ1n) is 9.19. The van der Waals surface area contributed by atoms with Crippen molar-refractivity contribution in [1.82, 2.24) is 19.7 Å². The number of carbonyl (C=O) groups is 1. The lowest BCUT2D eigenvalue weighted by atomic mass is 10.2. The molecule has 4 rings (SSSR count). The summed E-state index contributed by atoms with van der Waals surface area (Å²) in [4.78, 5) is 21.8. The molecule has 0 radical (unpaired) electrons. The van der Waals surface area contributed by atoms with E-state index in [-0.39, 0.29) is 11.7 Å². The molecule has 1 fully saturated rings. The number of carbonyl (C=O) groups excluding carboxylic acids is 1. The SMILES string of the molecule is Cc1cn(C)nc1C(=O)N(CCN1CCOCC1)c1nc2ccc(F)cc2s1. The Morgan fingerprint density at radius 3 is 2.86 bits per heavy atom. The van der Waals surface area contributed by atoms with E-state index >= 15 is 0 Å². The summed E-state index contributed by atoms with van der Waals surface area (Å²) >= 11 is 1.32. The Balaban J connectivity index is 1.64. The first-order chi connectivity index (χ1) is 13.5. The molecule has 1 aromatic carbocycles. The molecule has 7 nitrogen and oxygen atoms in total. The average molecular weight is 403 g/mol. The molecule has 28 heavy (non-hydrogen) atoms. The average Bonchev–Trinajstić information content (AvgIpc) is 3.24. The second-order valence-corrected chi connectivity index (χ2v) is 7.86. The van der Waals surface area contributed by atoms with Crippen LogP contribution in [0.1, 0.15) is 16.1 Å². The fourth-order valence-electron chi connectivity index (χ4n) is 3.30. The highest BCUT2D eigenvalue weighted by molar-refractivity contribution is 7.22. The predicted molar refractivity (Wildman–Crippen MR) is 106 cm³/mol. The third-order valence-corrected chi connectivity index (χ3v) is 5.81. The van der Waals surface area contributed by atoms with Crippen molar-refractivity contribution in [2.24, 2.45) is 7.05 Å². The van der Waals surface area contributed by atoms with Gasteiger partial charge in [-0.15, -0.1) is 0 Å². The van der Waals surface area contributed by atoms with Gasteiger partial charge in [-0.05, 0) is 25.1 Å². The molecular formula is C19H22FN5O2S. The molecule has 1 aliphatic rings. The van der Waals surface area contributed by atoms with Crippen LogP contribution in [-0.4, -0.2) is 65.0 Å². The van der Waals surface area contributed by atoms with Gasteiger partial charge in [0, 0.05) is 45.0 Å². The third kappa shape index (κ3) is 3.91. The summed E-state index contributed by atoms with van der Waals surface area (Å²) in [5, 5.41) is 4.89. The van der Waals surface area contributed by atoms with Crippen molar-refractivity contribution in [3.63, 3.8) is 0 Å². The summed E-state index contributed by atoms with van der Waals surface area (Å²) in [5.41, 5.74) is 1.91. The van der Waals surface area contributed by atoms with Crippen molar-refractivity contribution in [3.05, 3.63) is 41.5 Å². The van der Waals surface area contributed by atoms with E-state index in [1.165, 1.54) is 23.5 Å². The van der Waals surface area contributed by atoms with Crippen LogP contribution in [0.5, 0.6) is 0 Å². The highest BCUT2D eigenvalue weighted by Gasteiger charge is 2.26. The number of aryl methyl sites for hydroxylation is 2. The molecule has 0 N–H and O–H groups in total. The summed E-state index contributed by atoms with van der Waals surface area (Å²) < 4.78 is 21.3. The van der Waals surface area contributed by atoms with Crippen LogP contribution in [0.15, 0.2) is 24.4 Å². The molecule has 3 heterocycles. The summed E-state index contributed by atoms with van der Waals surface area (Å²) in [7, 11) is 1.79. The fourth-order valence-corrected chi connectivity index (χ4v) is 4.31. The molecule has 1 aliphatic heterocycles. The molecule has 0 atom stereocenters. The molecule has 2 aromatic heterocycles. The zero-order chi connectivity index (χ0) is 19.7. The molecule has 1 saturated heterocycles. The summed E-state index contributed by atoms with van der Waals surface area (Å²) in [6.07, 6.45) is 1.82. The van der Waals surface area contributed by atoms with E-state index in [9.17, 15) is 9.18 Å². The molecule has 148 valence electrons. The monoisotopic (exact) mass is 403 g/mol. The maximum atomic E-state index is 13.6. The van der Waals surface area contributed by atoms with Gasteiger partial charge in [-0.3, -0.25) is 19.3 Å². The molecular weight excluding hydrogens is 381 g/mol. The number of rotatable bonds is 5. The van der Waals surface area contributed by atoms with Crippen LogP contribution in [0, 0.1) is 12.7 Å². The van der Waals surface area contributed by atoms with Crippen molar-refractivity contribution in [2.45, 2.75) is 6.92 Å². The number of thiazole rings is 1. The number of hydrogen-bond acceptors (Lipinski definition) is 6. The topological polar surface area (TPSA) is 63.5 Å². The summed E-state index contributed by atoms with van der Waals surface area (Å²) in [6, 6.07) is 4.48. The Bertz CT molecular complexity index is 996. The summed E-state index contributed by atoms with van der Waals surface area (Å²) in [5.74, 6) is -0.500.